The van der Waals surface area contributed by atoms with E-state index in [0.717, 1.165) is 37.2 Å². The van der Waals surface area contributed by atoms with Crippen molar-refractivity contribution in [2.24, 2.45) is 10.8 Å². The van der Waals surface area contributed by atoms with E-state index in [-0.39, 0.29) is 10.8 Å². The van der Waals surface area contributed by atoms with Crippen molar-refractivity contribution < 1.29 is 0 Å². The Balaban J connectivity index is 1.60. The van der Waals surface area contributed by atoms with Crippen molar-refractivity contribution in [3.05, 3.63) is 58.7 Å². The molecule has 0 radical (unpaired) electrons. The maximum Gasteiger partial charge on any atom is 0.171 e. The summed E-state index contributed by atoms with van der Waals surface area (Å²) >= 11 is 11.3. The summed E-state index contributed by atoms with van der Waals surface area (Å²) in [6.45, 7) is 16.3. The highest BCUT2D eigenvalue weighted by Crippen LogP contribution is 2.45. The van der Waals surface area contributed by atoms with Gasteiger partial charge < -0.3 is 21.3 Å². The van der Waals surface area contributed by atoms with Crippen molar-refractivity contribution in [3.63, 3.8) is 0 Å². The first-order chi connectivity index (χ1) is 15.8. The summed E-state index contributed by atoms with van der Waals surface area (Å²) in [5.74, 6) is 0. The molecule has 2 aromatic rings. The van der Waals surface area contributed by atoms with E-state index in [1.165, 1.54) is 22.3 Å². The van der Waals surface area contributed by atoms with Gasteiger partial charge in [-0.2, -0.15) is 0 Å². The fourth-order valence-electron chi connectivity index (χ4n) is 5.42. The highest BCUT2D eigenvalue weighted by molar-refractivity contribution is 7.80. The summed E-state index contributed by atoms with van der Waals surface area (Å²) in [5, 5.41) is 15.3. The number of nitrogens with one attached hydrogen (secondary N) is 4. The minimum Gasteiger partial charge on any atom is -0.362 e. The molecule has 0 amide bonds. The van der Waals surface area contributed by atoms with E-state index >= 15 is 0 Å². The largest absolute Gasteiger partial charge is 0.362 e. The van der Waals surface area contributed by atoms with Gasteiger partial charge in [0.15, 0.2) is 10.2 Å². The SMILES string of the molecule is Cc1ccc(C)c(NC(=S)NC[C@]2(C)C[C@H](NC(=S)Nc3cc(C)ccc3C)CC(C)(C)C2)c1. The smallest absolute Gasteiger partial charge is 0.171 e. The first-order valence-electron chi connectivity index (χ1n) is 12.1. The summed E-state index contributed by atoms with van der Waals surface area (Å²) < 4.78 is 0. The van der Waals surface area contributed by atoms with E-state index < -0.39 is 0 Å². The molecule has 2 atom stereocenters. The van der Waals surface area contributed by atoms with Gasteiger partial charge in [0, 0.05) is 24.0 Å². The van der Waals surface area contributed by atoms with Crippen LogP contribution >= 0.6 is 24.4 Å². The van der Waals surface area contributed by atoms with Crippen molar-refractivity contribution in [2.45, 2.75) is 73.8 Å². The van der Waals surface area contributed by atoms with E-state index in [4.69, 9.17) is 24.4 Å². The molecule has 34 heavy (non-hydrogen) atoms. The molecule has 1 aliphatic rings. The molecule has 2 aromatic carbocycles. The van der Waals surface area contributed by atoms with Gasteiger partial charge in [0.1, 0.15) is 0 Å². The molecule has 3 rings (SSSR count). The fourth-order valence-corrected chi connectivity index (χ4v) is 5.87. The van der Waals surface area contributed by atoms with Crippen LogP contribution in [0.2, 0.25) is 0 Å². The Kier molecular flexibility index (Phi) is 8.25. The highest BCUT2D eigenvalue weighted by atomic mass is 32.1. The van der Waals surface area contributed by atoms with Crippen LogP contribution in [0.1, 0.15) is 62.3 Å². The molecule has 4 N–H and O–H groups in total. The van der Waals surface area contributed by atoms with Gasteiger partial charge in [0.25, 0.3) is 0 Å². The lowest BCUT2D eigenvalue weighted by atomic mass is 9.62. The van der Waals surface area contributed by atoms with Gasteiger partial charge in [-0.25, -0.2) is 0 Å². The number of anilines is 2. The molecule has 1 saturated carbocycles. The number of thiocarbonyl (C=S) groups is 2. The zero-order chi connectivity index (χ0) is 25.1. The molecule has 1 aliphatic carbocycles. The normalized spacial score (nSPS) is 21.4. The predicted molar refractivity (Wildman–Crippen MR) is 155 cm³/mol. The lowest BCUT2D eigenvalue weighted by Crippen LogP contribution is -2.51. The van der Waals surface area contributed by atoms with Gasteiger partial charge in [-0.1, -0.05) is 45.0 Å². The van der Waals surface area contributed by atoms with Crippen molar-refractivity contribution in [1.82, 2.24) is 10.6 Å². The van der Waals surface area contributed by atoms with Gasteiger partial charge >= 0.3 is 0 Å². The Morgan fingerprint density at radius 2 is 1.35 bits per heavy atom. The van der Waals surface area contributed by atoms with Gasteiger partial charge in [0.2, 0.25) is 0 Å². The van der Waals surface area contributed by atoms with Crippen molar-refractivity contribution in [3.8, 4) is 0 Å². The van der Waals surface area contributed by atoms with Crippen LogP contribution in [-0.2, 0) is 0 Å². The third kappa shape index (κ3) is 7.41. The van der Waals surface area contributed by atoms with Crippen molar-refractivity contribution in [1.29, 1.82) is 0 Å². The van der Waals surface area contributed by atoms with Crippen LogP contribution in [0, 0.1) is 38.5 Å². The van der Waals surface area contributed by atoms with Crippen LogP contribution < -0.4 is 21.3 Å². The number of hydrogen-bond acceptors (Lipinski definition) is 2. The summed E-state index contributed by atoms with van der Waals surface area (Å²) in [4.78, 5) is 0. The van der Waals surface area contributed by atoms with Gasteiger partial charge in [-0.15, -0.1) is 0 Å². The van der Waals surface area contributed by atoms with Crippen molar-refractivity contribution >= 4 is 46.0 Å². The second kappa shape index (κ2) is 10.6. The Labute approximate surface area is 216 Å². The number of rotatable bonds is 5. The summed E-state index contributed by atoms with van der Waals surface area (Å²) in [5.41, 5.74) is 7.26. The maximum atomic E-state index is 5.70. The van der Waals surface area contributed by atoms with Crippen LogP contribution in [0.3, 0.4) is 0 Å². The second-order valence-corrected chi connectivity index (χ2v) is 12.1. The van der Waals surface area contributed by atoms with Gasteiger partial charge in [-0.3, -0.25) is 0 Å². The summed E-state index contributed by atoms with van der Waals surface area (Å²) in [7, 11) is 0. The molecule has 0 heterocycles. The molecule has 184 valence electrons. The predicted octanol–water partition coefficient (Wildman–Crippen LogP) is 6.78. The lowest BCUT2D eigenvalue weighted by Gasteiger charge is -2.47. The first kappa shape index (κ1) is 26.4. The number of hydrogen-bond donors (Lipinski definition) is 4. The summed E-state index contributed by atoms with van der Waals surface area (Å²) in [6, 6.07) is 13.1. The molecule has 0 spiro atoms. The molecule has 0 saturated heterocycles. The zero-order valence-corrected chi connectivity index (χ0v) is 23.3. The zero-order valence-electron chi connectivity index (χ0n) is 21.7. The number of benzene rings is 2. The molecule has 1 fully saturated rings. The standard InChI is InChI=1S/C28H40N4S2/c1-18-8-10-20(3)23(12-18)31-25(33)29-17-28(7)15-22(14-27(5,6)16-28)30-26(34)32-24-13-19(2)9-11-21(24)4/h8-13,22H,14-17H2,1-7H3,(H2,29,31,33)(H2,30,32,34)/t22-,28-/m1/s1. The van der Waals surface area contributed by atoms with Crippen LogP contribution in [0.25, 0.3) is 0 Å². The molecule has 6 heteroatoms. The van der Waals surface area contributed by atoms with Gasteiger partial charge in [0.05, 0.1) is 0 Å². The maximum absolute atomic E-state index is 5.70. The average Bonchev–Trinajstić information content (AvgIpc) is 2.70. The van der Waals surface area contributed by atoms with Crippen molar-refractivity contribution in [2.75, 3.05) is 17.2 Å². The van der Waals surface area contributed by atoms with Crippen LogP contribution in [0.5, 0.6) is 0 Å². The molecular formula is C28H40N4S2. The minimum absolute atomic E-state index is 0.0989. The molecule has 4 nitrogen and oxygen atoms in total. The quantitative estimate of drug-likeness (QED) is 0.342. The fraction of sp³-hybridized carbons (Fsp3) is 0.500. The van der Waals surface area contributed by atoms with Gasteiger partial charge in [-0.05, 0) is 117 Å². The van der Waals surface area contributed by atoms with Crippen LogP contribution in [0.15, 0.2) is 36.4 Å². The molecule has 0 unspecified atom stereocenters. The Hall–Kier alpha value is -2.18. The monoisotopic (exact) mass is 496 g/mol. The third-order valence-corrected chi connectivity index (χ3v) is 7.20. The second-order valence-electron chi connectivity index (χ2n) is 11.3. The molecule has 0 aromatic heterocycles. The topological polar surface area (TPSA) is 48.1 Å². The molecule has 0 bridgehead atoms. The molecule has 0 aliphatic heterocycles. The Morgan fingerprint density at radius 1 is 0.824 bits per heavy atom. The number of aryl methyl sites for hydroxylation is 4. The minimum atomic E-state index is 0.0989. The Bertz CT molecular complexity index is 1060. The molecular weight excluding hydrogens is 456 g/mol. The van der Waals surface area contributed by atoms with E-state index in [2.05, 4.69) is 106 Å². The summed E-state index contributed by atoms with van der Waals surface area (Å²) in [6.07, 6.45) is 3.25. The Morgan fingerprint density at radius 3 is 1.91 bits per heavy atom. The highest BCUT2D eigenvalue weighted by Gasteiger charge is 2.41. The van der Waals surface area contributed by atoms with E-state index in [9.17, 15) is 0 Å². The average molecular weight is 497 g/mol. The third-order valence-electron chi connectivity index (χ3n) is 6.74. The first-order valence-corrected chi connectivity index (χ1v) is 12.9. The van der Waals surface area contributed by atoms with Crippen LogP contribution in [0.4, 0.5) is 11.4 Å². The van der Waals surface area contributed by atoms with E-state index in [1.807, 2.05) is 0 Å². The van der Waals surface area contributed by atoms with Crippen LogP contribution in [-0.4, -0.2) is 22.8 Å². The van der Waals surface area contributed by atoms with E-state index in [1.54, 1.807) is 0 Å². The lowest BCUT2D eigenvalue weighted by molar-refractivity contribution is 0.0807. The van der Waals surface area contributed by atoms with E-state index in [0.29, 0.717) is 16.3 Å².